The molecular weight excluding hydrogens is 681 g/mol. The van der Waals surface area contributed by atoms with E-state index in [-0.39, 0.29) is 21.7 Å². The van der Waals surface area contributed by atoms with E-state index in [0.29, 0.717) is 5.56 Å². The van der Waals surface area contributed by atoms with Crippen molar-refractivity contribution in [2.45, 2.75) is 105 Å². The molecule has 0 unspecified atom stereocenters. The van der Waals surface area contributed by atoms with Crippen molar-refractivity contribution in [1.82, 2.24) is 14.1 Å². The van der Waals surface area contributed by atoms with Gasteiger partial charge in [0.05, 0.1) is 45.1 Å². The summed E-state index contributed by atoms with van der Waals surface area (Å²) >= 11 is 0. The second-order valence-corrected chi connectivity index (χ2v) is 19.8. The molecule has 4 nitrogen and oxygen atoms in total. The Kier molecular flexibility index (Phi) is 8.44. The minimum Gasteiger partial charge on any atom is -0.307 e. The minimum atomic E-state index is -0.0581. The Labute approximate surface area is 332 Å². The average Bonchev–Trinajstić information content (AvgIpc) is 3.64. The Morgan fingerprint density at radius 3 is 1.05 bits per heavy atom. The molecule has 3 heterocycles. The van der Waals surface area contributed by atoms with Gasteiger partial charge in [0.15, 0.2) is 0 Å². The molecule has 0 aliphatic carbocycles. The van der Waals surface area contributed by atoms with E-state index in [1.807, 2.05) is 24.5 Å². The molecule has 0 spiro atoms. The molecule has 56 heavy (non-hydrogen) atoms. The molecule has 0 amide bonds. The first-order valence-electron chi connectivity index (χ1n) is 19.9. The summed E-state index contributed by atoms with van der Waals surface area (Å²) in [5, 5.41) is 15.8. The lowest BCUT2D eigenvalue weighted by molar-refractivity contribution is 0.590. The zero-order chi connectivity index (χ0) is 40.1. The molecule has 5 aromatic carbocycles. The van der Waals surface area contributed by atoms with Gasteiger partial charge in [-0.3, -0.25) is 4.98 Å². The van der Waals surface area contributed by atoms with Gasteiger partial charge in [0.1, 0.15) is 0 Å². The Morgan fingerprint density at radius 2 is 0.750 bits per heavy atom. The lowest BCUT2D eigenvalue weighted by Gasteiger charge is -2.23. The Hall–Kier alpha value is -5.66. The lowest BCUT2D eigenvalue weighted by atomic mass is 9.86. The number of nitriles is 1. The van der Waals surface area contributed by atoms with E-state index in [1.54, 1.807) is 0 Å². The maximum absolute atomic E-state index is 11.0. The molecule has 0 aliphatic rings. The van der Waals surface area contributed by atoms with Gasteiger partial charge in [0, 0.05) is 39.5 Å². The van der Waals surface area contributed by atoms with Crippen molar-refractivity contribution in [2.75, 3.05) is 0 Å². The molecule has 0 fully saturated rings. The van der Waals surface area contributed by atoms with E-state index in [1.165, 1.54) is 43.8 Å². The maximum atomic E-state index is 11.0. The number of hydrogen-bond donors (Lipinski definition) is 0. The SMILES string of the molecule is CC(C)(C)c1ccc2c3ccc(C(C)(C)C)cc3n(-c3cc(C#N)c(-c4ccncc4)cc3-n3c4cc(C(C)(C)C)ccc4c4ccc(C(C)(C)C)cc43)c2c1. The molecule has 282 valence electrons. The van der Waals surface area contributed by atoms with Crippen molar-refractivity contribution in [3.8, 4) is 28.6 Å². The Morgan fingerprint density at radius 1 is 0.429 bits per heavy atom. The number of nitrogens with zero attached hydrogens (tertiary/aromatic N) is 4. The summed E-state index contributed by atoms with van der Waals surface area (Å²) in [5.74, 6) is 0. The zero-order valence-electron chi connectivity index (χ0n) is 35.2. The van der Waals surface area contributed by atoms with Crippen molar-refractivity contribution in [3.05, 3.63) is 137 Å². The predicted molar refractivity (Wildman–Crippen MR) is 238 cm³/mol. The van der Waals surface area contributed by atoms with E-state index >= 15 is 0 Å². The number of rotatable bonds is 3. The van der Waals surface area contributed by atoms with Crippen LogP contribution in [0.5, 0.6) is 0 Å². The quantitative estimate of drug-likeness (QED) is 0.181. The summed E-state index contributed by atoms with van der Waals surface area (Å²) < 4.78 is 4.93. The highest BCUT2D eigenvalue weighted by molar-refractivity contribution is 6.12. The van der Waals surface area contributed by atoms with Gasteiger partial charge in [-0.25, -0.2) is 0 Å². The normalized spacial score (nSPS) is 13.0. The molecule has 0 N–H and O–H groups in total. The molecule has 8 aromatic rings. The van der Waals surface area contributed by atoms with E-state index in [9.17, 15) is 5.26 Å². The van der Waals surface area contributed by atoms with Gasteiger partial charge in [-0.1, -0.05) is 132 Å². The van der Waals surface area contributed by atoms with Gasteiger partial charge in [0.25, 0.3) is 0 Å². The highest BCUT2D eigenvalue weighted by atomic mass is 15.1. The van der Waals surface area contributed by atoms with Crippen LogP contribution in [-0.2, 0) is 21.7 Å². The van der Waals surface area contributed by atoms with Crippen LogP contribution >= 0.6 is 0 Å². The summed E-state index contributed by atoms with van der Waals surface area (Å²) in [6.45, 7) is 27.4. The Balaban J connectivity index is 1.63. The molecule has 0 aliphatic heterocycles. The van der Waals surface area contributed by atoms with Gasteiger partial charge in [-0.2, -0.15) is 5.26 Å². The largest absolute Gasteiger partial charge is 0.307 e. The molecular formula is C52H54N4. The number of hydrogen-bond acceptors (Lipinski definition) is 2. The van der Waals surface area contributed by atoms with Gasteiger partial charge in [-0.15, -0.1) is 0 Å². The van der Waals surface area contributed by atoms with E-state index in [2.05, 4.69) is 188 Å². The first-order chi connectivity index (χ1) is 26.3. The van der Waals surface area contributed by atoms with Crippen LogP contribution in [0.4, 0.5) is 0 Å². The minimum absolute atomic E-state index is 0.0543. The summed E-state index contributed by atoms with van der Waals surface area (Å²) in [6.07, 6.45) is 3.62. The molecule has 0 radical (unpaired) electrons. The number of benzene rings is 5. The molecule has 0 saturated heterocycles. The van der Waals surface area contributed by atoms with Gasteiger partial charge in [0.2, 0.25) is 0 Å². The van der Waals surface area contributed by atoms with Crippen LogP contribution in [0.15, 0.2) is 109 Å². The fourth-order valence-electron chi connectivity index (χ4n) is 8.22. The molecule has 0 atom stereocenters. The number of pyridine rings is 1. The van der Waals surface area contributed by atoms with Gasteiger partial charge in [-0.05, 0) is 98.0 Å². The summed E-state index contributed by atoms with van der Waals surface area (Å²) in [5.41, 5.74) is 13.9. The van der Waals surface area contributed by atoms with Crippen LogP contribution in [0.3, 0.4) is 0 Å². The third-order valence-corrected chi connectivity index (χ3v) is 11.7. The second-order valence-electron chi connectivity index (χ2n) is 19.8. The van der Waals surface area contributed by atoms with Gasteiger partial charge < -0.3 is 9.13 Å². The first-order valence-corrected chi connectivity index (χ1v) is 19.9. The van der Waals surface area contributed by atoms with Crippen LogP contribution < -0.4 is 0 Å². The van der Waals surface area contributed by atoms with Crippen molar-refractivity contribution < 1.29 is 0 Å². The van der Waals surface area contributed by atoms with Crippen molar-refractivity contribution in [1.29, 1.82) is 5.26 Å². The standard InChI is InChI=1S/C52H54N4/c1-49(2,3)34-13-17-38-39-18-14-35(50(4,5)6)27-44(39)55(43(38)26-34)47-25-33(31-53)42(32-21-23-54-24-22-32)30-48(47)56-45-28-36(51(7,8)9)15-19-40(45)41-20-16-37(29-46(41)56)52(10,11)12/h13-30H,1-12H3. The van der Waals surface area contributed by atoms with Crippen LogP contribution in [0.2, 0.25) is 0 Å². The third-order valence-electron chi connectivity index (χ3n) is 11.7. The number of aromatic nitrogens is 3. The fourth-order valence-corrected chi connectivity index (χ4v) is 8.22. The molecule has 8 rings (SSSR count). The number of fused-ring (bicyclic) bond motifs is 6. The predicted octanol–water partition coefficient (Wildman–Crippen LogP) is 14.0. The smallest absolute Gasteiger partial charge is 0.0998 e. The fraction of sp³-hybridized carbons (Fsp3) is 0.308. The monoisotopic (exact) mass is 734 g/mol. The van der Waals surface area contributed by atoms with Crippen LogP contribution in [-0.4, -0.2) is 14.1 Å². The zero-order valence-corrected chi connectivity index (χ0v) is 35.2. The van der Waals surface area contributed by atoms with Crippen LogP contribution in [0.1, 0.15) is 111 Å². The van der Waals surface area contributed by atoms with Crippen molar-refractivity contribution >= 4 is 43.6 Å². The Bertz CT molecular complexity index is 2740. The first kappa shape index (κ1) is 37.3. The molecule has 0 bridgehead atoms. The summed E-state index contributed by atoms with van der Waals surface area (Å²) in [4.78, 5) is 4.34. The topological polar surface area (TPSA) is 46.5 Å². The molecule has 3 aromatic heterocycles. The maximum Gasteiger partial charge on any atom is 0.0998 e. The van der Waals surface area contributed by atoms with Crippen molar-refractivity contribution in [3.63, 3.8) is 0 Å². The van der Waals surface area contributed by atoms with Crippen molar-refractivity contribution in [2.24, 2.45) is 0 Å². The van der Waals surface area contributed by atoms with Crippen LogP contribution in [0.25, 0.3) is 66.1 Å². The second kappa shape index (κ2) is 12.7. The molecule has 4 heteroatoms. The lowest BCUT2D eigenvalue weighted by Crippen LogP contribution is -2.12. The highest BCUT2D eigenvalue weighted by Gasteiger charge is 2.27. The van der Waals surface area contributed by atoms with Gasteiger partial charge >= 0.3 is 0 Å². The van der Waals surface area contributed by atoms with E-state index in [4.69, 9.17) is 0 Å². The van der Waals surface area contributed by atoms with E-state index in [0.717, 1.165) is 44.6 Å². The molecule has 0 saturated carbocycles. The summed E-state index contributed by atoms with van der Waals surface area (Å²) in [6, 6.07) is 38.9. The average molecular weight is 735 g/mol. The third kappa shape index (κ3) is 6.19. The highest BCUT2D eigenvalue weighted by Crippen LogP contribution is 2.44. The van der Waals surface area contributed by atoms with E-state index < -0.39 is 0 Å². The summed E-state index contributed by atoms with van der Waals surface area (Å²) in [7, 11) is 0. The van der Waals surface area contributed by atoms with Crippen LogP contribution in [0, 0.1) is 11.3 Å².